The second-order valence-electron chi connectivity index (χ2n) is 3.88. The van der Waals surface area contributed by atoms with Crippen molar-refractivity contribution in [3.63, 3.8) is 0 Å². The number of rotatable bonds is 5. The van der Waals surface area contributed by atoms with Crippen LogP contribution in [-0.4, -0.2) is 44.9 Å². The molecule has 7 heteroatoms. The highest BCUT2D eigenvalue weighted by Crippen LogP contribution is 2.05. The van der Waals surface area contributed by atoms with Crippen molar-refractivity contribution in [2.75, 3.05) is 6.54 Å². The molecule has 0 spiro atoms. The number of nitrogens with zero attached hydrogens (tertiary/aromatic N) is 2. The van der Waals surface area contributed by atoms with Crippen molar-refractivity contribution in [1.29, 1.82) is 0 Å². The molecule has 0 radical (unpaired) electrons. The Hall–Kier alpha value is -2.02. The molecule has 0 aromatic carbocycles. The lowest BCUT2D eigenvalue weighted by Crippen LogP contribution is -2.30. The summed E-state index contributed by atoms with van der Waals surface area (Å²) in [4.78, 5) is 22.1. The van der Waals surface area contributed by atoms with E-state index in [2.05, 4.69) is 15.5 Å². The number of amides is 1. The van der Waals surface area contributed by atoms with Gasteiger partial charge in [0.1, 0.15) is 0 Å². The summed E-state index contributed by atoms with van der Waals surface area (Å²) in [6.45, 7) is 3.46. The van der Waals surface area contributed by atoms with Gasteiger partial charge < -0.3 is 15.5 Å². The molecule has 1 rings (SSSR count). The highest BCUT2D eigenvalue weighted by atomic mass is 16.4. The fourth-order valence-corrected chi connectivity index (χ4v) is 1.32. The number of carbonyl (C=O) groups is 2. The first-order chi connectivity index (χ1) is 8.41. The molecule has 18 heavy (non-hydrogen) atoms. The standard InChI is InChI=1S/C11H15N3O4/c1-6-5-8(7(2)14-13-6)10(16)12-4-3-9(15)11(17)18/h5,9,15H,3-4H2,1-2H3,(H,12,16)(H,17,18)/t9-/m0/s1. The van der Waals surface area contributed by atoms with E-state index in [-0.39, 0.29) is 18.9 Å². The number of carboxylic acid groups (broad SMARTS) is 1. The summed E-state index contributed by atoms with van der Waals surface area (Å²) in [7, 11) is 0. The molecule has 0 unspecified atom stereocenters. The van der Waals surface area contributed by atoms with Gasteiger partial charge in [-0.3, -0.25) is 4.79 Å². The molecular formula is C11H15N3O4. The SMILES string of the molecule is Cc1cc(C(=O)NCC[C@H](O)C(=O)O)c(C)nn1. The molecule has 1 atom stereocenters. The number of aliphatic hydroxyl groups is 1. The van der Waals surface area contributed by atoms with Crippen molar-refractivity contribution in [2.45, 2.75) is 26.4 Å². The average molecular weight is 253 g/mol. The quantitative estimate of drug-likeness (QED) is 0.661. The van der Waals surface area contributed by atoms with E-state index in [0.717, 1.165) is 0 Å². The molecule has 0 saturated carbocycles. The highest BCUT2D eigenvalue weighted by molar-refractivity contribution is 5.95. The van der Waals surface area contributed by atoms with E-state index in [4.69, 9.17) is 10.2 Å². The van der Waals surface area contributed by atoms with Crippen LogP contribution in [0.5, 0.6) is 0 Å². The Balaban J connectivity index is 2.55. The van der Waals surface area contributed by atoms with Crippen molar-refractivity contribution in [3.05, 3.63) is 23.0 Å². The molecule has 0 aliphatic heterocycles. The van der Waals surface area contributed by atoms with E-state index in [1.165, 1.54) is 0 Å². The Morgan fingerprint density at radius 1 is 1.39 bits per heavy atom. The molecule has 0 saturated heterocycles. The Labute approximate surface area is 104 Å². The Bertz CT molecular complexity index is 462. The first kappa shape index (κ1) is 14.0. The number of aliphatic carboxylic acids is 1. The summed E-state index contributed by atoms with van der Waals surface area (Å²) in [5.74, 6) is -1.66. The summed E-state index contributed by atoms with van der Waals surface area (Å²) in [5, 5.41) is 27.6. The van der Waals surface area contributed by atoms with Gasteiger partial charge in [0.25, 0.3) is 5.91 Å². The first-order valence-electron chi connectivity index (χ1n) is 5.42. The van der Waals surface area contributed by atoms with Gasteiger partial charge in [0.2, 0.25) is 0 Å². The third kappa shape index (κ3) is 3.77. The summed E-state index contributed by atoms with van der Waals surface area (Å²) >= 11 is 0. The maximum Gasteiger partial charge on any atom is 0.332 e. The van der Waals surface area contributed by atoms with Gasteiger partial charge in [-0.05, 0) is 19.9 Å². The van der Waals surface area contributed by atoms with Gasteiger partial charge in [-0.25, -0.2) is 4.79 Å². The monoisotopic (exact) mass is 253 g/mol. The lowest BCUT2D eigenvalue weighted by molar-refractivity contribution is -0.146. The van der Waals surface area contributed by atoms with Crippen LogP contribution in [0.15, 0.2) is 6.07 Å². The zero-order chi connectivity index (χ0) is 13.7. The molecule has 0 aliphatic carbocycles. The number of carbonyl (C=O) groups excluding carboxylic acids is 1. The minimum atomic E-state index is -1.47. The number of hydrogen-bond donors (Lipinski definition) is 3. The van der Waals surface area contributed by atoms with Crippen LogP contribution in [0.3, 0.4) is 0 Å². The minimum absolute atomic E-state index is 0.0440. The molecule has 0 fully saturated rings. The second kappa shape index (κ2) is 6.06. The van der Waals surface area contributed by atoms with Crippen molar-refractivity contribution in [2.24, 2.45) is 0 Å². The van der Waals surface area contributed by atoms with E-state index < -0.39 is 12.1 Å². The fourth-order valence-electron chi connectivity index (χ4n) is 1.32. The fraction of sp³-hybridized carbons (Fsp3) is 0.455. The zero-order valence-corrected chi connectivity index (χ0v) is 10.2. The number of aromatic nitrogens is 2. The van der Waals surface area contributed by atoms with Crippen LogP contribution >= 0.6 is 0 Å². The molecular weight excluding hydrogens is 238 g/mol. The van der Waals surface area contributed by atoms with Crippen LogP contribution in [0, 0.1) is 13.8 Å². The molecule has 1 aromatic rings. The zero-order valence-electron chi connectivity index (χ0n) is 10.2. The molecule has 3 N–H and O–H groups in total. The molecule has 98 valence electrons. The largest absolute Gasteiger partial charge is 0.479 e. The van der Waals surface area contributed by atoms with Crippen LogP contribution < -0.4 is 5.32 Å². The topological polar surface area (TPSA) is 112 Å². The van der Waals surface area contributed by atoms with Crippen LogP contribution in [-0.2, 0) is 4.79 Å². The van der Waals surface area contributed by atoms with Gasteiger partial charge in [-0.15, -0.1) is 0 Å². The lowest BCUT2D eigenvalue weighted by atomic mass is 10.2. The van der Waals surface area contributed by atoms with Crippen molar-refractivity contribution >= 4 is 11.9 Å². The molecule has 0 aliphatic rings. The maximum absolute atomic E-state index is 11.8. The van der Waals surface area contributed by atoms with Crippen molar-refractivity contribution in [3.8, 4) is 0 Å². The summed E-state index contributed by atoms with van der Waals surface area (Å²) < 4.78 is 0. The van der Waals surface area contributed by atoms with Crippen LogP contribution in [0.2, 0.25) is 0 Å². The van der Waals surface area contributed by atoms with Crippen LogP contribution in [0.25, 0.3) is 0 Å². The normalized spacial score (nSPS) is 11.9. The molecule has 1 heterocycles. The number of nitrogens with one attached hydrogen (secondary N) is 1. The third-order valence-corrected chi connectivity index (χ3v) is 2.33. The maximum atomic E-state index is 11.8. The second-order valence-corrected chi connectivity index (χ2v) is 3.88. The van der Waals surface area contributed by atoms with Gasteiger partial charge in [0.05, 0.1) is 17.0 Å². The Kier molecular flexibility index (Phi) is 4.73. The van der Waals surface area contributed by atoms with E-state index in [1.54, 1.807) is 19.9 Å². The van der Waals surface area contributed by atoms with Gasteiger partial charge in [-0.2, -0.15) is 10.2 Å². The predicted octanol–water partition coefficient (Wildman–Crippen LogP) is -0.341. The number of aliphatic hydroxyl groups excluding tert-OH is 1. The third-order valence-electron chi connectivity index (χ3n) is 2.33. The van der Waals surface area contributed by atoms with Crippen LogP contribution in [0.1, 0.15) is 28.2 Å². The number of carboxylic acids is 1. The summed E-state index contributed by atoms with van der Waals surface area (Å²) in [6.07, 6.45) is -1.51. The van der Waals surface area contributed by atoms with Crippen LogP contribution in [0.4, 0.5) is 0 Å². The van der Waals surface area contributed by atoms with E-state index >= 15 is 0 Å². The van der Waals surface area contributed by atoms with Gasteiger partial charge in [-0.1, -0.05) is 0 Å². The minimum Gasteiger partial charge on any atom is -0.479 e. The molecule has 7 nitrogen and oxygen atoms in total. The smallest absolute Gasteiger partial charge is 0.332 e. The van der Waals surface area contributed by atoms with Crippen molar-refractivity contribution < 1.29 is 19.8 Å². The molecule has 1 amide bonds. The number of hydrogen-bond acceptors (Lipinski definition) is 5. The first-order valence-corrected chi connectivity index (χ1v) is 5.42. The lowest BCUT2D eigenvalue weighted by Gasteiger charge is -2.08. The predicted molar refractivity (Wildman–Crippen MR) is 62.1 cm³/mol. The van der Waals surface area contributed by atoms with E-state index in [1.807, 2.05) is 0 Å². The van der Waals surface area contributed by atoms with Gasteiger partial charge in [0, 0.05) is 13.0 Å². The van der Waals surface area contributed by atoms with Gasteiger partial charge >= 0.3 is 5.97 Å². The molecule has 0 bridgehead atoms. The van der Waals surface area contributed by atoms with E-state index in [9.17, 15) is 9.59 Å². The van der Waals surface area contributed by atoms with Crippen molar-refractivity contribution in [1.82, 2.24) is 15.5 Å². The Morgan fingerprint density at radius 3 is 2.67 bits per heavy atom. The Morgan fingerprint density at radius 2 is 2.06 bits per heavy atom. The summed E-state index contributed by atoms with van der Waals surface area (Å²) in [5.41, 5.74) is 1.51. The highest BCUT2D eigenvalue weighted by Gasteiger charge is 2.14. The van der Waals surface area contributed by atoms with E-state index in [0.29, 0.717) is 17.0 Å². The molecule has 1 aromatic heterocycles. The number of aryl methyl sites for hydroxylation is 2. The summed E-state index contributed by atoms with van der Waals surface area (Å²) in [6, 6.07) is 1.60. The van der Waals surface area contributed by atoms with Gasteiger partial charge in [0.15, 0.2) is 6.10 Å². The average Bonchev–Trinajstić information content (AvgIpc) is 2.31.